The fourth-order valence-electron chi connectivity index (χ4n) is 1.78. The summed E-state index contributed by atoms with van der Waals surface area (Å²) in [7, 11) is 0. The monoisotopic (exact) mass is 295 g/mol. The average Bonchev–Trinajstić information content (AvgIpc) is 2.75. The molecule has 2 rings (SSSR count). The van der Waals surface area contributed by atoms with Crippen LogP contribution in [0.25, 0.3) is 5.65 Å². The van der Waals surface area contributed by atoms with Crippen molar-refractivity contribution in [2.45, 2.75) is 33.1 Å². The van der Waals surface area contributed by atoms with Crippen molar-refractivity contribution in [3.05, 3.63) is 22.4 Å². The van der Waals surface area contributed by atoms with E-state index in [1.54, 1.807) is 6.20 Å². The minimum Gasteiger partial charge on any atom is -0.366 e. The van der Waals surface area contributed by atoms with Crippen molar-refractivity contribution < 1.29 is 0 Å². The highest BCUT2D eigenvalue weighted by atomic mass is 32.2. The van der Waals surface area contributed by atoms with Gasteiger partial charge in [0, 0.05) is 23.9 Å². The average molecular weight is 295 g/mol. The van der Waals surface area contributed by atoms with Crippen molar-refractivity contribution >= 4 is 23.2 Å². The van der Waals surface area contributed by atoms with Crippen molar-refractivity contribution in [2.75, 3.05) is 23.4 Å². The number of H-pyrrole nitrogens is 1. The number of hydrogen-bond acceptors (Lipinski definition) is 5. The molecule has 0 unspecified atom stereocenters. The third kappa shape index (κ3) is 3.15. The Morgan fingerprint density at radius 3 is 2.85 bits per heavy atom. The summed E-state index contributed by atoms with van der Waals surface area (Å²) in [6.45, 7) is 9.15. The summed E-state index contributed by atoms with van der Waals surface area (Å²) < 4.78 is 1.52. The quantitative estimate of drug-likeness (QED) is 0.824. The molecule has 0 amide bonds. The first-order valence-electron chi connectivity index (χ1n) is 6.73. The van der Waals surface area contributed by atoms with E-state index in [2.05, 4.69) is 48.2 Å². The molecule has 0 aliphatic heterocycles. The number of nitrogens with one attached hydrogen (secondary N) is 2. The molecule has 0 aliphatic rings. The van der Waals surface area contributed by atoms with Gasteiger partial charge in [0.05, 0.1) is 5.69 Å². The number of aromatic amines is 1. The Balaban J connectivity index is 2.38. The van der Waals surface area contributed by atoms with Crippen LogP contribution < -0.4 is 11.0 Å². The Kier molecular flexibility index (Phi) is 4.37. The first-order chi connectivity index (χ1) is 9.43. The van der Waals surface area contributed by atoms with Crippen LogP contribution in [-0.2, 0) is 5.41 Å². The molecule has 0 spiro atoms. The Bertz CT molecular complexity index is 640. The van der Waals surface area contributed by atoms with Crippen LogP contribution in [0.2, 0.25) is 0 Å². The lowest BCUT2D eigenvalue weighted by Crippen LogP contribution is -2.20. The maximum absolute atomic E-state index is 11.8. The zero-order chi connectivity index (χ0) is 14.8. The van der Waals surface area contributed by atoms with Gasteiger partial charge in [-0.2, -0.15) is 11.8 Å². The molecule has 2 aromatic heterocycles. The first kappa shape index (κ1) is 14.9. The normalized spacial score (nSPS) is 12.0. The Labute approximate surface area is 122 Å². The van der Waals surface area contributed by atoms with E-state index in [0.717, 1.165) is 23.7 Å². The van der Waals surface area contributed by atoms with E-state index in [-0.39, 0.29) is 11.1 Å². The van der Waals surface area contributed by atoms with Crippen LogP contribution in [0.3, 0.4) is 0 Å². The van der Waals surface area contributed by atoms with E-state index in [0.29, 0.717) is 11.5 Å². The predicted molar refractivity (Wildman–Crippen MR) is 83.8 cm³/mol. The Hall–Kier alpha value is -1.50. The highest BCUT2D eigenvalue weighted by Gasteiger charge is 2.19. The van der Waals surface area contributed by atoms with Gasteiger partial charge in [-0.1, -0.05) is 27.7 Å². The molecule has 20 heavy (non-hydrogen) atoms. The Morgan fingerprint density at radius 1 is 1.45 bits per heavy atom. The van der Waals surface area contributed by atoms with Crippen LogP contribution in [0.5, 0.6) is 0 Å². The van der Waals surface area contributed by atoms with Crippen molar-refractivity contribution in [2.24, 2.45) is 0 Å². The maximum Gasteiger partial charge on any atom is 0.347 e. The topological polar surface area (TPSA) is 75.1 Å². The van der Waals surface area contributed by atoms with Gasteiger partial charge in [-0.25, -0.2) is 19.3 Å². The van der Waals surface area contributed by atoms with Gasteiger partial charge in [0.2, 0.25) is 5.65 Å². The van der Waals surface area contributed by atoms with Crippen molar-refractivity contribution in [1.29, 1.82) is 0 Å². The number of nitrogens with zero attached hydrogens (tertiary/aromatic N) is 3. The molecule has 0 saturated heterocycles. The van der Waals surface area contributed by atoms with E-state index < -0.39 is 0 Å². The van der Waals surface area contributed by atoms with Crippen LogP contribution in [0.1, 0.15) is 33.4 Å². The van der Waals surface area contributed by atoms with Crippen molar-refractivity contribution in [3.8, 4) is 0 Å². The summed E-state index contributed by atoms with van der Waals surface area (Å²) in [5, 5.41) is 9.78. The van der Waals surface area contributed by atoms with Gasteiger partial charge in [-0.15, -0.1) is 5.10 Å². The molecule has 2 N–H and O–H groups in total. The lowest BCUT2D eigenvalue weighted by atomic mass is 9.93. The molecule has 0 aliphatic carbocycles. The molecular formula is C13H21N5OS. The number of hydrogen-bond donors (Lipinski definition) is 2. The molecule has 0 bridgehead atoms. The number of thioether (sulfide) groups is 1. The minimum atomic E-state index is -0.237. The van der Waals surface area contributed by atoms with Crippen LogP contribution in [0.15, 0.2) is 11.0 Å². The lowest BCUT2D eigenvalue weighted by Gasteiger charge is -2.19. The first-order valence-corrected chi connectivity index (χ1v) is 7.89. The van der Waals surface area contributed by atoms with E-state index in [1.807, 2.05) is 11.8 Å². The van der Waals surface area contributed by atoms with Gasteiger partial charge in [-0.05, 0) is 5.75 Å². The van der Waals surface area contributed by atoms with Gasteiger partial charge >= 0.3 is 5.69 Å². The van der Waals surface area contributed by atoms with Gasteiger partial charge < -0.3 is 5.32 Å². The summed E-state index contributed by atoms with van der Waals surface area (Å²) >= 11 is 1.86. The van der Waals surface area contributed by atoms with Crippen molar-refractivity contribution in [1.82, 2.24) is 19.6 Å². The zero-order valence-electron chi connectivity index (χ0n) is 12.4. The fourth-order valence-corrected chi connectivity index (χ4v) is 2.31. The smallest absolute Gasteiger partial charge is 0.347 e. The second-order valence-electron chi connectivity index (χ2n) is 5.57. The predicted octanol–water partition coefficient (Wildman–Crippen LogP) is 1.88. The van der Waals surface area contributed by atoms with Crippen LogP contribution >= 0.6 is 11.8 Å². The zero-order valence-corrected chi connectivity index (χ0v) is 13.2. The molecule has 2 aromatic rings. The molecule has 0 aromatic carbocycles. The van der Waals surface area contributed by atoms with Crippen LogP contribution in [0.4, 0.5) is 5.82 Å². The molecule has 2 heterocycles. The van der Waals surface area contributed by atoms with Gasteiger partial charge in [-0.3, -0.25) is 0 Å². The highest BCUT2D eigenvalue weighted by molar-refractivity contribution is 7.99. The summed E-state index contributed by atoms with van der Waals surface area (Å²) in [5.74, 6) is 2.75. The summed E-state index contributed by atoms with van der Waals surface area (Å²) in [6.07, 6.45) is 1.76. The number of rotatable bonds is 5. The van der Waals surface area contributed by atoms with E-state index in [4.69, 9.17) is 0 Å². The van der Waals surface area contributed by atoms with E-state index in [1.165, 1.54) is 4.40 Å². The summed E-state index contributed by atoms with van der Waals surface area (Å²) in [4.78, 5) is 16.4. The molecule has 0 atom stereocenters. The number of anilines is 1. The third-order valence-corrected chi connectivity index (χ3v) is 3.81. The second-order valence-corrected chi connectivity index (χ2v) is 6.96. The third-order valence-electron chi connectivity index (χ3n) is 2.91. The minimum absolute atomic E-state index is 0.125. The molecule has 0 fully saturated rings. The lowest BCUT2D eigenvalue weighted by molar-refractivity contribution is 0.565. The maximum atomic E-state index is 11.8. The number of fused-ring (bicyclic) bond motifs is 1. The van der Waals surface area contributed by atoms with Gasteiger partial charge in [0.1, 0.15) is 0 Å². The standard InChI is InChI=1S/C13H21N5OS/c1-5-20-7-6-14-10-11-16-17-12(19)18(11)8-9(15-10)13(2,3)4/h8H,5-7H2,1-4H3,(H,14,15)(H,17,19). The van der Waals surface area contributed by atoms with Gasteiger partial charge in [0.25, 0.3) is 0 Å². The SMILES string of the molecule is CCSCCNc1nc(C(C)(C)C)cn2c(=O)[nH]nc12. The molecule has 0 saturated carbocycles. The van der Waals surface area contributed by atoms with E-state index in [9.17, 15) is 4.79 Å². The molecule has 0 radical (unpaired) electrons. The largest absolute Gasteiger partial charge is 0.366 e. The van der Waals surface area contributed by atoms with Gasteiger partial charge in [0.15, 0.2) is 5.82 Å². The number of aromatic nitrogens is 4. The van der Waals surface area contributed by atoms with Crippen LogP contribution in [0, 0.1) is 0 Å². The van der Waals surface area contributed by atoms with E-state index >= 15 is 0 Å². The fraction of sp³-hybridized carbons (Fsp3) is 0.615. The molecule has 7 heteroatoms. The summed E-state index contributed by atoms with van der Waals surface area (Å²) in [5.41, 5.74) is 1.04. The second kappa shape index (κ2) is 5.87. The Morgan fingerprint density at radius 2 is 2.20 bits per heavy atom. The van der Waals surface area contributed by atoms with Crippen LogP contribution in [-0.4, -0.2) is 37.6 Å². The highest BCUT2D eigenvalue weighted by Crippen LogP contribution is 2.22. The molecule has 110 valence electrons. The molecule has 6 nitrogen and oxygen atoms in total. The summed E-state index contributed by atoms with van der Waals surface area (Å²) in [6, 6.07) is 0. The van der Waals surface area contributed by atoms with Crippen molar-refractivity contribution in [3.63, 3.8) is 0 Å². The molecular weight excluding hydrogens is 274 g/mol.